The summed E-state index contributed by atoms with van der Waals surface area (Å²) in [4.78, 5) is 4.09. The highest BCUT2D eigenvalue weighted by molar-refractivity contribution is 7.89. The van der Waals surface area contributed by atoms with Crippen molar-refractivity contribution in [1.29, 1.82) is 0 Å². The van der Waals surface area contributed by atoms with E-state index >= 15 is 0 Å². The molecule has 5 N–H and O–H groups in total. The first-order chi connectivity index (χ1) is 7.38. The van der Waals surface area contributed by atoms with Crippen molar-refractivity contribution in [1.82, 2.24) is 4.98 Å². The van der Waals surface area contributed by atoms with E-state index in [9.17, 15) is 8.42 Å². The Morgan fingerprint density at radius 1 is 1.50 bits per heavy atom. The molecule has 16 heavy (non-hydrogen) atoms. The Kier molecular flexibility index (Phi) is 4.08. The minimum atomic E-state index is -3.38. The largest absolute Gasteiger partial charge is 0.397 e. The van der Waals surface area contributed by atoms with Gasteiger partial charge in [0.25, 0.3) is 0 Å². The standard InChI is InChI=1S/C9H16N4O2S/c1-7-5-8(10)6-13-9(7)12-3-2-4-16(11,14)15/h5-6H,2-4,10H2,1H3,(H,12,13)(H2,11,14,15). The van der Waals surface area contributed by atoms with Gasteiger partial charge in [-0.1, -0.05) is 0 Å². The van der Waals surface area contributed by atoms with E-state index in [1.165, 1.54) is 0 Å². The van der Waals surface area contributed by atoms with Gasteiger partial charge in [-0.3, -0.25) is 0 Å². The molecule has 1 heterocycles. The third-order valence-corrected chi connectivity index (χ3v) is 2.86. The van der Waals surface area contributed by atoms with Gasteiger partial charge in [0.1, 0.15) is 5.82 Å². The van der Waals surface area contributed by atoms with Crippen molar-refractivity contribution in [3.8, 4) is 0 Å². The van der Waals surface area contributed by atoms with Crippen LogP contribution in [0.2, 0.25) is 0 Å². The molecule has 90 valence electrons. The first kappa shape index (κ1) is 12.7. The lowest BCUT2D eigenvalue weighted by Gasteiger charge is -2.08. The summed E-state index contributed by atoms with van der Waals surface area (Å²) < 4.78 is 21.3. The molecule has 0 saturated carbocycles. The fraction of sp³-hybridized carbons (Fsp3) is 0.444. The summed E-state index contributed by atoms with van der Waals surface area (Å²) in [6, 6.07) is 1.80. The van der Waals surface area contributed by atoms with Crippen molar-refractivity contribution in [2.75, 3.05) is 23.3 Å². The van der Waals surface area contributed by atoms with Gasteiger partial charge in [0.2, 0.25) is 10.0 Å². The maximum absolute atomic E-state index is 10.7. The van der Waals surface area contributed by atoms with Crippen LogP contribution in [0.5, 0.6) is 0 Å². The molecule has 0 spiro atoms. The normalized spacial score (nSPS) is 11.4. The third kappa shape index (κ3) is 4.45. The highest BCUT2D eigenvalue weighted by Gasteiger charge is 2.03. The van der Waals surface area contributed by atoms with Gasteiger partial charge in [-0.05, 0) is 25.0 Å². The topological polar surface area (TPSA) is 111 Å². The second-order valence-electron chi connectivity index (χ2n) is 3.58. The van der Waals surface area contributed by atoms with Crippen molar-refractivity contribution >= 4 is 21.5 Å². The molecule has 0 amide bonds. The number of nitrogens with two attached hydrogens (primary N) is 2. The second-order valence-corrected chi connectivity index (χ2v) is 5.32. The number of nitrogens with one attached hydrogen (secondary N) is 1. The number of sulfonamides is 1. The van der Waals surface area contributed by atoms with E-state index in [0.717, 1.165) is 5.56 Å². The van der Waals surface area contributed by atoms with Crippen LogP contribution in [-0.4, -0.2) is 25.7 Å². The van der Waals surface area contributed by atoms with Gasteiger partial charge in [-0.15, -0.1) is 0 Å². The van der Waals surface area contributed by atoms with Gasteiger partial charge >= 0.3 is 0 Å². The van der Waals surface area contributed by atoms with E-state index < -0.39 is 10.0 Å². The van der Waals surface area contributed by atoms with Crippen LogP contribution in [0.1, 0.15) is 12.0 Å². The van der Waals surface area contributed by atoms with Crippen molar-refractivity contribution in [3.63, 3.8) is 0 Å². The molecule has 1 aromatic rings. The molecule has 7 heteroatoms. The molecule has 0 radical (unpaired) electrons. The summed E-state index contributed by atoms with van der Waals surface area (Å²) >= 11 is 0. The smallest absolute Gasteiger partial charge is 0.209 e. The highest BCUT2D eigenvalue weighted by atomic mass is 32.2. The van der Waals surface area contributed by atoms with Crippen LogP contribution in [0.3, 0.4) is 0 Å². The Hall–Kier alpha value is -1.34. The number of nitrogen functional groups attached to an aromatic ring is 1. The van der Waals surface area contributed by atoms with E-state index in [0.29, 0.717) is 24.5 Å². The van der Waals surface area contributed by atoms with Gasteiger partial charge in [-0.25, -0.2) is 18.5 Å². The van der Waals surface area contributed by atoms with E-state index in [-0.39, 0.29) is 5.75 Å². The molecule has 0 aliphatic heterocycles. The molecular weight excluding hydrogens is 228 g/mol. The van der Waals surface area contributed by atoms with Crippen LogP contribution in [0.15, 0.2) is 12.3 Å². The number of aryl methyl sites for hydroxylation is 1. The molecule has 0 aromatic carbocycles. The predicted octanol–water partition coefficient (Wildman–Crippen LogP) is 0.0627. The van der Waals surface area contributed by atoms with Gasteiger partial charge in [0.05, 0.1) is 17.6 Å². The first-order valence-corrected chi connectivity index (χ1v) is 6.56. The van der Waals surface area contributed by atoms with Crippen LogP contribution in [0, 0.1) is 6.92 Å². The fourth-order valence-electron chi connectivity index (χ4n) is 1.26. The van der Waals surface area contributed by atoms with E-state index in [1.54, 1.807) is 12.3 Å². The number of hydrogen-bond acceptors (Lipinski definition) is 5. The third-order valence-electron chi connectivity index (χ3n) is 2.00. The predicted molar refractivity (Wildman–Crippen MR) is 64.5 cm³/mol. The Balaban J connectivity index is 2.43. The summed E-state index contributed by atoms with van der Waals surface area (Å²) in [5.41, 5.74) is 7.08. The van der Waals surface area contributed by atoms with Gasteiger partial charge < -0.3 is 11.1 Å². The van der Waals surface area contributed by atoms with Gasteiger partial charge in [-0.2, -0.15) is 0 Å². The zero-order chi connectivity index (χ0) is 12.2. The van der Waals surface area contributed by atoms with Crippen molar-refractivity contribution in [3.05, 3.63) is 17.8 Å². The lowest BCUT2D eigenvalue weighted by molar-refractivity contribution is 0.595. The summed E-state index contributed by atoms with van der Waals surface area (Å²) in [6.45, 7) is 2.39. The monoisotopic (exact) mass is 244 g/mol. The van der Waals surface area contributed by atoms with E-state index in [1.807, 2.05) is 6.92 Å². The van der Waals surface area contributed by atoms with Crippen molar-refractivity contribution in [2.24, 2.45) is 5.14 Å². The highest BCUT2D eigenvalue weighted by Crippen LogP contribution is 2.13. The van der Waals surface area contributed by atoms with Crippen LogP contribution in [0.25, 0.3) is 0 Å². The second kappa shape index (κ2) is 5.13. The SMILES string of the molecule is Cc1cc(N)cnc1NCCCS(N)(=O)=O. The van der Waals surface area contributed by atoms with E-state index in [2.05, 4.69) is 10.3 Å². The molecule has 1 aromatic heterocycles. The molecule has 0 aliphatic rings. The zero-order valence-corrected chi connectivity index (χ0v) is 9.92. The molecular formula is C9H16N4O2S. The van der Waals surface area contributed by atoms with Crippen molar-refractivity contribution < 1.29 is 8.42 Å². The van der Waals surface area contributed by atoms with E-state index in [4.69, 9.17) is 10.9 Å². The Morgan fingerprint density at radius 2 is 2.19 bits per heavy atom. The lowest BCUT2D eigenvalue weighted by atomic mass is 10.2. The Labute approximate surface area is 95.1 Å². The molecule has 6 nitrogen and oxygen atoms in total. The number of aromatic nitrogens is 1. The van der Waals surface area contributed by atoms with Crippen molar-refractivity contribution in [2.45, 2.75) is 13.3 Å². The lowest BCUT2D eigenvalue weighted by Crippen LogP contribution is -2.19. The number of anilines is 2. The summed E-state index contributed by atoms with van der Waals surface area (Å²) in [6.07, 6.45) is 2.00. The fourth-order valence-corrected chi connectivity index (χ4v) is 1.81. The molecule has 0 aliphatic carbocycles. The number of nitrogens with zero attached hydrogens (tertiary/aromatic N) is 1. The zero-order valence-electron chi connectivity index (χ0n) is 9.10. The van der Waals surface area contributed by atoms with Crippen LogP contribution in [0.4, 0.5) is 11.5 Å². The summed E-state index contributed by atoms with van der Waals surface area (Å²) in [5.74, 6) is 0.678. The maximum Gasteiger partial charge on any atom is 0.209 e. The molecule has 0 atom stereocenters. The van der Waals surface area contributed by atoms with Gasteiger partial charge in [0, 0.05) is 6.54 Å². The average molecular weight is 244 g/mol. The Bertz CT molecular complexity index is 459. The molecule has 0 bridgehead atoms. The molecule has 1 rings (SSSR count). The number of rotatable bonds is 5. The molecule has 0 saturated heterocycles. The quantitative estimate of drug-likeness (QED) is 0.634. The maximum atomic E-state index is 10.7. The number of pyridine rings is 1. The minimum Gasteiger partial charge on any atom is -0.397 e. The summed E-state index contributed by atoms with van der Waals surface area (Å²) in [5, 5.41) is 7.90. The molecule has 0 fully saturated rings. The molecule has 0 unspecified atom stereocenters. The number of primary sulfonamides is 1. The van der Waals surface area contributed by atoms with Crippen LogP contribution < -0.4 is 16.2 Å². The van der Waals surface area contributed by atoms with Crippen LogP contribution in [-0.2, 0) is 10.0 Å². The Morgan fingerprint density at radius 3 is 2.75 bits per heavy atom. The first-order valence-electron chi connectivity index (χ1n) is 4.85. The minimum absolute atomic E-state index is 0.0337. The van der Waals surface area contributed by atoms with Crippen LogP contribution >= 0.6 is 0 Å². The average Bonchev–Trinajstić information content (AvgIpc) is 2.13. The summed E-state index contributed by atoms with van der Waals surface area (Å²) in [7, 11) is -3.38. The van der Waals surface area contributed by atoms with Gasteiger partial charge in [0.15, 0.2) is 0 Å². The number of hydrogen-bond donors (Lipinski definition) is 3.